The van der Waals surface area contributed by atoms with Gasteiger partial charge in [-0.2, -0.15) is 0 Å². The highest BCUT2D eigenvalue weighted by molar-refractivity contribution is 5.45. The van der Waals surface area contributed by atoms with Gasteiger partial charge in [0, 0.05) is 27.2 Å². The molecule has 1 rings (SSSR count). The van der Waals surface area contributed by atoms with E-state index in [1.54, 1.807) is 14.1 Å². The van der Waals surface area contributed by atoms with Crippen LogP contribution in [0.25, 0.3) is 0 Å². The van der Waals surface area contributed by atoms with Crippen LogP contribution in [0.5, 0.6) is 0 Å². The topological polar surface area (TPSA) is 32.8 Å². The van der Waals surface area contributed by atoms with Crippen LogP contribution in [0, 0.1) is 0 Å². The monoisotopic (exact) mass is 188 g/mol. The zero-order chi connectivity index (χ0) is 10.1. The fourth-order valence-electron chi connectivity index (χ4n) is 0.917. The molecular weight excluding hydrogens is 168 g/mol. The van der Waals surface area contributed by atoms with Crippen LogP contribution in [0.1, 0.15) is 6.92 Å². The third-order valence-corrected chi connectivity index (χ3v) is 1.76. The van der Waals surface area contributed by atoms with Crippen LogP contribution in [0.15, 0.2) is 0 Å². The molecule has 0 saturated carbocycles. The summed E-state index contributed by atoms with van der Waals surface area (Å²) in [6.45, 7) is 7.45. The molecule has 0 aromatic heterocycles. The number of morpholine rings is 1. The van der Waals surface area contributed by atoms with Gasteiger partial charge in [-0.15, -0.1) is 0 Å². The summed E-state index contributed by atoms with van der Waals surface area (Å²) in [5.41, 5.74) is 0. The number of hydrogen-bond donors (Lipinski definition) is 0. The minimum absolute atomic E-state index is 0.750. The van der Waals surface area contributed by atoms with Crippen molar-refractivity contribution in [1.82, 2.24) is 9.80 Å². The first kappa shape index (κ1) is 12.4. The van der Waals surface area contributed by atoms with Crippen LogP contribution in [0.4, 0.5) is 0 Å². The van der Waals surface area contributed by atoms with E-state index in [1.165, 1.54) is 11.4 Å². The number of rotatable bonds is 2. The Balaban J connectivity index is 0.000000252. The van der Waals surface area contributed by atoms with Crippen molar-refractivity contribution in [1.29, 1.82) is 0 Å². The molecule has 1 aliphatic rings. The van der Waals surface area contributed by atoms with E-state index >= 15 is 0 Å². The second-order valence-electron chi connectivity index (χ2n) is 3.12. The molecule has 0 bridgehead atoms. The van der Waals surface area contributed by atoms with Crippen LogP contribution in [-0.4, -0.2) is 63.2 Å². The Labute approximate surface area is 80.5 Å². The average Bonchev–Trinajstić information content (AvgIpc) is 2.20. The van der Waals surface area contributed by atoms with Crippen molar-refractivity contribution in [2.75, 3.05) is 46.9 Å². The summed E-state index contributed by atoms with van der Waals surface area (Å²) < 4.78 is 5.16. The summed E-state index contributed by atoms with van der Waals surface area (Å²) in [4.78, 5) is 13.3. The van der Waals surface area contributed by atoms with Gasteiger partial charge in [0.2, 0.25) is 6.41 Å². The molecule has 0 radical (unpaired) electrons. The lowest BCUT2D eigenvalue weighted by molar-refractivity contribution is -0.115. The summed E-state index contributed by atoms with van der Waals surface area (Å²) in [6.07, 6.45) is 0.750. The molecule has 1 saturated heterocycles. The first-order valence-corrected chi connectivity index (χ1v) is 4.62. The SMILES string of the molecule is CCN1CCOCC1.CN(C)C=O. The number of likely N-dealkylation sites (N-methyl/N-ethyl adjacent to an activating group) is 1. The molecule has 13 heavy (non-hydrogen) atoms. The Morgan fingerprint density at radius 3 is 2.08 bits per heavy atom. The molecule has 0 N–H and O–H groups in total. The lowest BCUT2D eigenvalue weighted by Crippen LogP contribution is -2.35. The molecule has 0 aromatic carbocycles. The number of amides is 1. The zero-order valence-electron chi connectivity index (χ0n) is 8.82. The Bertz CT molecular complexity index is 123. The maximum atomic E-state index is 9.43. The van der Waals surface area contributed by atoms with Gasteiger partial charge in [0.1, 0.15) is 0 Å². The molecule has 0 atom stereocenters. The molecule has 1 aliphatic heterocycles. The Kier molecular flexibility index (Phi) is 7.63. The minimum atomic E-state index is 0.750. The van der Waals surface area contributed by atoms with Crippen LogP contribution < -0.4 is 0 Å². The first-order chi connectivity index (χ1) is 6.20. The van der Waals surface area contributed by atoms with Crippen molar-refractivity contribution in [3.05, 3.63) is 0 Å². The Hall–Kier alpha value is -0.610. The molecule has 0 aromatic rings. The number of carbonyl (C=O) groups is 1. The molecular formula is C9H20N2O2. The van der Waals surface area contributed by atoms with Gasteiger partial charge in [-0.3, -0.25) is 9.69 Å². The van der Waals surface area contributed by atoms with Gasteiger partial charge < -0.3 is 9.64 Å². The van der Waals surface area contributed by atoms with Crippen LogP contribution in [-0.2, 0) is 9.53 Å². The fraction of sp³-hybridized carbons (Fsp3) is 0.889. The van der Waals surface area contributed by atoms with E-state index in [4.69, 9.17) is 4.74 Å². The van der Waals surface area contributed by atoms with Gasteiger partial charge >= 0.3 is 0 Å². The lowest BCUT2D eigenvalue weighted by Gasteiger charge is -2.24. The quantitative estimate of drug-likeness (QED) is 0.574. The highest BCUT2D eigenvalue weighted by Crippen LogP contribution is 1.93. The summed E-state index contributed by atoms with van der Waals surface area (Å²) in [6, 6.07) is 0. The van der Waals surface area contributed by atoms with Gasteiger partial charge in [-0.05, 0) is 6.54 Å². The molecule has 0 spiro atoms. The average molecular weight is 188 g/mol. The molecule has 0 aliphatic carbocycles. The Morgan fingerprint density at radius 1 is 1.38 bits per heavy atom. The number of nitrogens with zero attached hydrogens (tertiary/aromatic N) is 2. The fourth-order valence-corrected chi connectivity index (χ4v) is 0.917. The van der Waals surface area contributed by atoms with Crippen molar-refractivity contribution >= 4 is 6.41 Å². The van der Waals surface area contributed by atoms with E-state index in [0.717, 1.165) is 32.7 Å². The van der Waals surface area contributed by atoms with Crippen LogP contribution in [0.2, 0.25) is 0 Å². The molecule has 78 valence electrons. The van der Waals surface area contributed by atoms with Crippen molar-refractivity contribution < 1.29 is 9.53 Å². The van der Waals surface area contributed by atoms with Gasteiger partial charge in [-0.25, -0.2) is 0 Å². The minimum Gasteiger partial charge on any atom is -0.379 e. The summed E-state index contributed by atoms with van der Waals surface area (Å²) >= 11 is 0. The molecule has 4 nitrogen and oxygen atoms in total. The second kappa shape index (κ2) is 8.01. The van der Waals surface area contributed by atoms with Gasteiger partial charge in [0.05, 0.1) is 13.2 Å². The van der Waals surface area contributed by atoms with E-state index < -0.39 is 0 Å². The number of carbonyl (C=O) groups excluding carboxylic acids is 1. The summed E-state index contributed by atoms with van der Waals surface area (Å²) in [5.74, 6) is 0. The number of hydrogen-bond acceptors (Lipinski definition) is 3. The standard InChI is InChI=1S/C6H13NO.C3H7NO/c1-2-7-3-5-8-6-4-7;1-4(2)3-5/h2-6H2,1H3;3H,1-2H3. The van der Waals surface area contributed by atoms with Crippen molar-refractivity contribution in [2.24, 2.45) is 0 Å². The van der Waals surface area contributed by atoms with Crippen LogP contribution in [0.3, 0.4) is 0 Å². The lowest BCUT2D eigenvalue weighted by atomic mass is 10.4. The predicted octanol–water partition coefficient (Wildman–Crippen LogP) is 0.0429. The largest absolute Gasteiger partial charge is 0.379 e. The van der Waals surface area contributed by atoms with Gasteiger partial charge in [-0.1, -0.05) is 6.92 Å². The molecule has 1 heterocycles. The highest BCUT2D eigenvalue weighted by Gasteiger charge is 2.05. The highest BCUT2D eigenvalue weighted by atomic mass is 16.5. The third-order valence-electron chi connectivity index (χ3n) is 1.76. The molecule has 1 fully saturated rings. The second-order valence-corrected chi connectivity index (χ2v) is 3.12. The number of ether oxygens (including phenoxy) is 1. The van der Waals surface area contributed by atoms with E-state index in [0.29, 0.717) is 0 Å². The van der Waals surface area contributed by atoms with Gasteiger partial charge in [0.25, 0.3) is 0 Å². The van der Waals surface area contributed by atoms with Gasteiger partial charge in [0.15, 0.2) is 0 Å². The molecule has 4 heteroatoms. The molecule has 0 unspecified atom stereocenters. The Morgan fingerprint density at radius 2 is 1.85 bits per heavy atom. The van der Waals surface area contributed by atoms with E-state index in [9.17, 15) is 4.79 Å². The van der Waals surface area contributed by atoms with Crippen molar-refractivity contribution in [3.8, 4) is 0 Å². The smallest absolute Gasteiger partial charge is 0.209 e. The molecule has 1 amide bonds. The van der Waals surface area contributed by atoms with E-state index in [2.05, 4.69) is 11.8 Å². The van der Waals surface area contributed by atoms with Crippen molar-refractivity contribution in [3.63, 3.8) is 0 Å². The maximum absolute atomic E-state index is 9.43. The van der Waals surface area contributed by atoms with Crippen LogP contribution >= 0.6 is 0 Å². The zero-order valence-corrected chi connectivity index (χ0v) is 8.82. The summed E-state index contributed by atoms with van der Waals surface area (Å²) in [7, 11) is 3.38. The first-order valence-electron chi connectivity index (χ1n) is 4.62. The summed E-state index contributed by atoms with van der Waals surface area (Å²) in [5, 5.41) is 0. The normalized spacial score (nSPS) is 17.2. The third kappa shape index (κ3) is 7.74. The van der Waals surface area contributed by atoms with E-state index in [-0.39, 0.29) is 0 Å². The maximum Gasteiger partial charge on any atom is 0.209 e. The van der Waals surface area contributed by atoms with E-state index in [1.807, 2.05) is 0 Å². The predicted molar refractivity (Wildman–Crippen MR) is 52.7 cm³/mol. The van der Waals surface area contributed by atoms with Crippen molar-refractivity contribution in [2.45, 2.75) is 6.92 Å².